The van der Waals surface area contributed by atoms with Crippen LogP contribution in [0.3, 0.4) is 0 Å². The molecule has 6 heteroatoms. The minimum Gasteiger partial charge on any atom is -0.352 e. The number of nitrogens with one attached hydrogen (secondary N) is 2. The van der Waals surface area contributed by atoms with E-state index in [0.29, 0.717) is 23.4 Å². The molecule has 0 fully saturated rings. The maximum absolute atomic E-state index is 13.7. The highest BCUT2D eigenvalue weighted by atomic mass is 79.9. The third kappa shape index (κ3) is 5.26. The van der Waals surface area contributed by atoms with Gasteiger partial charge in [-0.3, -0.25) is 9.59 Å². The van der Waals surface area contributed by atoms with Crippen molar-refractivity contribution in [2.45, 2.75) is 13.8 Å². The summed E-state index contributed by atoms with van der Waals surface area (Å²) in [7, 11) is 0. The second-order valence-corrected chi connectivity index (χ2v) is 6.29. The summed E-state index contributed by atoms with van der Waals surface area (Å²) in [5, 5.41) is 5.42. The second kappa shape index (κ2) is 8.58. The molecule has 0 aliphatic carbocycles. The lowest BCUT2D eigenvalue weighted by atomic mass is 10.1. The Labute approximate surface area is 154 Å². The molecule has 0 aliphatic rings. The van der Waals surface area contributed by atoms with Gasteiger partial charge in [-0.25, -0.2) is 4.39 Å². The van der Waals surface area contributed by atoms with E-state index in [0.717, 1.165) is 10.0 Å². The van der Waals surface area contributed by atoms with Gasteiger partial charge < -0.3 is 10.6 Å². The van der Waals surface area contributed by atoms with Crippen molar-refractivity contribution in [3.8, 4) is 0 Å². The Morgan fingerprint density at radius 3 is 2.68 bits per heavy atom. The Bertz CT molecular complexity index is 834. The monoisotopic (exact) mass is 404 g/mol. The first kappa shape index (κ1) is 18.9. The number of anilines is 1. The Kier molecular flexibility index (Phi) is 6.47. The van der Waals surface area contributed by atoms with E-state index in [1.54, 1.807) is 30.3 Å². The molecule has 2 aromatic carbocycles. The zero-order valence-electron chi connectivity index (χ0n) is 13.9. The molecule has 4 nitrogen and oxygen atoms in total. The average Bonchev–Trinajstić information content (AvgIpc) is 2.58. The SMILES string of the molecule is CCNC(=O)c1ccc(C)c(NC(=O)/C=C/c2cc(Br)ccc2F)c1. The van der Waals surface area contributed by atoms with Crippen LogP contribution >= 0.6 is 15.9 Å². The molecule has 2 N–H and O–H groups in total. The summed E-state index contributed by atoms with van der Waals surface area (Å²) >= 11 is 3.26. The van der Waals surface area contributed by atoms with E-state index in [9.17, 15) is 14.0 Å². The van der Waals surface area contributed by atoms with Gasteiger partial charge >= 0.3 is 0 Å². The summed E-state index contributed by atoms with van der Waals surface area (Å²) in [4.78, 5) is 24.0. The van der Waals surface area contributed by atoms with Crippen molar-refractivity contribution in [3.63, 3.8) is 0 Å². The van der Waals surface area contributed by atoms with Crippen LogP contribution in [-0.2, 0) is 4.79 Å². The number of rotatable bonds is 5. The lowest BCUT2D eigenvalue weighted by Gasteiger charge is -2.09. The summed E-state index contributed by atoms with van der Waals surface area (Å²) in [5.41, 5.74) is 2.12. The van der Waals surface area contributed by atoms with E-state index in [1.165, 1.54) is 18.2 Å². The highest BCUT2D eigenvalue weighted by Gasteiger charge is 2.09. The molecule has 2 aromatic rings. The fourth-order valence-electron chi connectivity index (χ4n) is 2.14. The highest BCUT2D eigenvalue weighted by molar-refractivity contribution is 9.10. The number of hydrogen-bond acceptors (Lipinski definition) is 2. The number of hydrogen-bond donors (Lipinski definition) is 2. The Morgan fingerprint density at radius 1 is 1.20 bits per heavy atom. The van der Waals surface area contributed by atoms with Crippen molar-refractivity contribution in [2.24, 2.45) is 0 Å². The maximum Gasteiger partial charge on any atom is 0.251 e. The van der Waals surface area contributed by atoms with E-state index in [1.807, 2.05) is 13.8 Å². The number of benzene rings is 2. The number of carbonyl (C=O) groups is 2. The average molecular weight is 405 g/mol. The Morgan fingerprint density at radius 2 is 1.96 bits per heavy atom. The van der Waals surface area contributed by atoms with Gasteiger partial charge in [0.1, 0.15) is 5.82 Å². The van der Waals surface area contributed by atoms with Crippen molar-refractivity contribution in [1.82, 2.24) is 5.32 Å². The van der Waals surface area contributed by atoms with Crippen LogP contribution in [0.15, 0.2) is 46.9 Å². The zero-order valence-corrected chi connectivity index (χ0v) is 15.5. The van der Waals surface area contributed by atoms with Gasteiger partial charge in [0, 0.05) is 33.9 Å². The molecule has 0 aromatic heterocycles. The molecule has 0 atom stereocenters. The molecule has 0 aliphatic heterocycles. The fraction of sp³-hybridized carbons (Fsp3) is 0.158. The first-order valence-electron chi connectivity index (χ1n) is 7.73. The molecule has 25 heavy (non-hydrogen) atoms. The molecular formula is C19H18BrFN2O2. The number of aryl methyl sites for hydroxylation is 1. The van der Waals surface area contributed by atoms with Crippen molar-refractivity contribution in [3.05, 3.63) is 69.5 Å². The van der Waals surface area contributed by atoms with Crippen molar-refractivity contribution in [2.75, 3.05) is 11.9 Å². The quantitative estimate of drug-likeness (QED) is 0.729. The molecule has 2 amide bonds. The smallest absolute Gasteiger partial charge is 0.251 e. The van der Waals surface area contributed by atoms with Crippen LogP contribution in [0, 0.1) is 12.7 Å². The third-order valence-electron chi connectivity index (χ3n) is 3.47. The zero-order chi connectivity index (χ0) is 18.4. The third-order valence-corrected chi connectivity index (χ3v) is 3.96. The van der Waals surface area contributed by atoms with E-state index in [-0.39, 0.29) is 5.91 Å². The van der Waals surface area contributed by atoms with E-state index in [4.69, 9.17) is 0 Å². The highest BCUT2D eigenvalue weighted by Crippen LogP contribution is 2.19. The molecule has 130 valence electrons. The van der Waals surface area contributed by atoms with Gasteiger partial charge in [-0.1, -0.05) is 22.0 Å². The van der Waals surface area contributed by atoms with E-state index in [2.05, 4.69) is 26.6 Å². The largest absolute Gasteiger partial charge is 0.352 e. The lowest BCUT2D eigenvalue weighted by Crippen LogP contribution is -2.23. The fourth-order valence-corrected chi connectivity index (χ4v) is 2.52. The van der Waals surface area contributed by atoms with Crippen LogP contribution in [-0.4, -0.2) is 18.4 Å². The van der Waals surface area contributed by atoms with Crippen LogP contribution in [0.2, 0.25) is 0 Å². The molecule has 2 rings (SSSR count). The van der Waals surface area contributed by atoms with Gasteiger partial charge in [0.05, 0.1) is 0 Å². The van der Waals surface area contributed by atoms with Gasteiger partial charge in [0.25, 0.3) is 5.91 Å². The van der Waals surface area contributed by atoms with Gasteiger partial charge in [-0.2, -0.15) is 0 Å². The van der Waals surface area contributed by atoms with Crippen molar-refractivity contribution < 1.29 is 14.0 Å². The summed E-state index contributed by atoms with van der Waals surface area (Å²) in [6.45, 7) is 4.19. The maximum atomic E-state index is 13.7. The topological polar surface area (TPSA) is 58.2 Å². The van der Waals surface area contributed by atoms with Gasteiger partial charge in [-0.05, 0) is 55.8 Å². The van der Waals surface area contributed by atoms with E-state index < -0.39 is 11.7 Å². The van der Waals surface area contributed by atoms with Gasteiger partial charge in [0.2, 0.25) is 5.91 Å². The van der Waals surface area contributed by atoms with E-state index >= 15 is 0 Å². The van der Waals surface area contributed by atoms with Crippen LogP contribution in [0.1, 0.15) is 28.4 Å². The first-order valence-corrected chi connectivity index (χ1v) is 8.53. The molecule has 0 unspecified atom stereocenters. The minimum absolute atomic E-state index is 0.204. The first-order chi connectivity index (χ1) is 11.9. The normalized spacial score (nSPS) is 10.7. The van der Waals surface area contributed by atoms with Gasteiger partial charge in [-0.15, -0.1) is 0 Å². The summed E-state index contributed by atoms with van der Waals surface area (Å²) in [6.07, 6.45) is 2.65. The Hall–Kier alpha value is -2.47. The molecule has 0 saturated heterocycles. The number of amides is 2. The standard InChI is InChI=1S/C19H18BrFN2O2/c1-3-22-19(25)14-5-4-12(2)17(11-14)23-18(24)9-6-13-10-15(20)7-8-16(13)21/h4-11H,3H2,1-2H3,(H,22,25)(H,23,24)/b9-6+. The van der Waals surface area contributed by atoms with Crippen LogP contribution in [0.25, 0.3) is 6.08 Å². The van der Waals surface area contributed by atoms with Crippen LogP contribution < -0.4 is 10.6 Å². The molecule has 0 heterocycles. The lowest BCUT2D eigenvalue weighted by molar-refractivity contribution is -0.111. The predicted octanol–water partition coefficient (Wildman–Crippen LogP) is 4.30. The van der Waals surface area contributed by atoms with Crippen molar-refractivity contribution >= 4 is 39.5 Å². The Balaban J connectivity index is 2.14. The second-order valence-electron chi connectivity index (χ2n) is 5.38. The molecular weight excluding hydrogens is 387 g/mol. The number of carbonyl (C=O) groups excluding carboxylic acids is 2. The molecule has 0 radical (unpaired) electrons. The molecule has 0 spiro atoms. The van der Waals surface area contributed by atoms with Gasteiger partial charge in [0.15, 0.2) is 0 Å². The minimum atomic E-state index is -0.415. The predicted molar refractivity (Wildman–Crippen MR) is 101 cm³/mol. The summed E-state index contributed by atoms with van der Waals surface area (Å²) in [5.74, 6) is -1.03. The van der Waals surface area contributed by atoms with Crippen molar-refractivity contribution in [1.29, 1.82) is 0 Å². The molecule has 0 saturated carbocycles. The summed E-state index contributed by atoms with van der Waals surface area (Å²) < 4.78 is 14.4. The summed E-state index contributed by atoms with van der Waals surface area (Å²) in [6, 6.07) is 9.57. The van der Waals surface area contributed by atoms with Crippen LogP contribution in [0.5, 0.6) is 0 Å². The number of halogens is 2. The molecule has 0 bridgehead atoms. The van der Waals surface area contributed by atoms with Crippen LogP contribution in [0.4, 0.5) is 10.1 Å².